The van der Waals surface area contributed by atoms with E-state index in [9.17, 15) is 4.79 Å². The highest BCUT2D eigenvalue weighted by Crippen LogP contribution is 2.28. The minimum absolute atomic E-state index is 0.168. The highest BCUT2D eigenvalue weighted by atomic mass is 16.1. The topological polar surface area (TPSA) is 111 Å². The van der Waals surface area contributed by atoms with Gasteiger partial charge in [0.05, 0.1) is 16.9 Å². The molecule has 0 unspecified atom stereocenters. The number of fused-ring (bicyclic) bond motifs is 3. The number of amidine groups is 1. The summed E-state index contributed by atoms with van der Waals surface area (Å²) in [7, 11) is 3.71. The van der Waals surface area contributed by atoms with Crippen molar-refractivity contribution in [1.82, 2.24) is 14.9 Å². The molecule has 0 aliphatic carbocycles. The van der Waals surface area contributed by atoms with Crippen molar-refractivity contribution >= 4 is 39.5 Å². The molecule has 0 spiro atoms. The Bertz CT molecular complexity index is 957. The van der Waals surface area contributed by atoms with Gasteiger partial charge >= 0.3 is 0 Å². The first-order valence-corrected chi connectivity index (χ1v) is 8.51. The molecular formula is C19H26N6O. The SMILES string of the molecule is CCCNC(C)=NC.Cn1c2ccccc2c2cc(C(N)=O)c(N)nc21. The zero-order chi connectivity index (χ0) is 19.3. The molecule has 0 saturated carbocycles. The zero-order valence-corrected chi connectivity index (χ0v) is 15.7. The van der Waals surface area contributed by atoms with Gasteiger partial charge in [-0.05, 0) is 25.5 Å². The first kappa shape index (κ1) is 19.2. The molecule has 0 saturated heterocycles. The molecule has 0 fully saturated rings. The molecule has 26 heavy (non-hydrogen) atoms. The Balaban J connectivity index is 0.000000260. The predicted octanol–water partition coefficient (Wildman–Crippen LogP) is 2.44. The second kappa shape index (κ2) is 8.33. The third kappa shape index (κ3) is 3.93. The second-order valence-electron chi connectivity index (χ2n) is 5.97. The minimum Gasteiger partial charge on any atom is -0.383 e. The number of benzene rings is 1. The number of pyridine rings is 1. The fourth-order valence-corrected chi connectivity index (χ4v) is 2.66. The summed E-state index contributed by atoms with van der Waals surface area (Å²) >= 11 is 0. The van der Waals surface area contributed by atoms with E-state index in [1.165, 1.54) is 0 Å². The Hall–Kier alpha value is -3.09. The van der Waals surface area contributed by atoms with Gasteiger partial charge in [-0.2, -0.15) is 0 Å². The van der Waals surface area contributed by atoms with Crippen LogP contribution in [0.4, 0.5) is 5.82 Å². The molecule has 7 nitrogen and oxygen atoms in total. The van der Waals surface area contributed by atoms with Crippen molar-refractivity contribution in [2.45, 2.75) is 20.3 Å². The lowest BCUT2D eigenvalue weighted by Crippen LogP contribution is -2.20. The van der Waals surface area contributed by atoms with Crippen molar-refractivity contribution in [2.75, 3.05) is 19.3 Å². The van der Waals surface area contributed by atoms with Crippen molar-refractivity contribution in [3.63, 3.8) is 0 Å². The number of aryl methyl sites for hydroxylation is 1. The van der Waals surface area contributed by atoms with Gasteiger partial charge in [0.15, 0.2) is 0 Å². The summed E-state index contributed by atoms with van der Waals surface area (Å²) in [6.45, 7) is 5.13. The summed E-state index contributed by atoms with van der Waals surface area (Å²) in [5.74, 6) is 0.627. The fraction of sp³-hybridized carbons (Fsp3) is 0.316. The van der Waals surface area contributed by atoms with E-state index in [4.69, 9.17) is 11.5 Å². The highest BCUT2D eigenvalue weighted by Gasteiger charge is 2.14. The van der Waals surface area contributed by atoms with Crippen LogP contribution in [0.1, 0.15) is 30.6 Å². The maximum absolute atomic E-state index is 11.3. The van der Waals surface area contributed by atoms with Gasteiger partial charge in [-0.1, -0.05) is 25.1 Å². The number of hydrogen-bond donors (Lipinski definition) is 3. The lowest BCUT2D eigenvalue weighted by molar-refractivity contribution is 0.100. The summed E-state index contributed by atoms with van der Waals surface area (Å²) in [5, 5.41) is 5.05. The summed E-state index contributed by atoms with van der Waals surface area (Å²) in [4.78, 5) is 19.5. The molecule has 0 aliphatic heterocycles. The molecular weight excluding hydrogens is 328 g/mol. The zero-order valence-electron chi connectivity index (χ0n) is 15.7. The van der Waals surface area contributed by atoms with E-state index in [-0.39, 0.29) is 11.4 Å². The van der Waals surface area contributed by atoms with E-state index >= 15 is 0 Å². The molecule has 5 N–H and O–H groups in total. The predicted molar refractivity (Wildman–Crippen MR) is 108 cm³/mol. The summed E-state index contributed by atoms with van der Waals surface area (Å²) in [5.41, 5.74) is 13.1. The fourth-order valence-electron chi connectivity index (χ4n) is 2.66. The molecule has 0 aliphatic rings. The van der Waals surface area contributed by atoms with Gasteiger partial charge in [0.1, 0.15) is 11.5 Å². The van der Waals surface area contributed by atoms with Crippen LogP contribution in [-0.2, 0) is 7.05 Å². The van der Waals surface area contributed by atoms with E-state index in [1.807, 2.05) is 42.8 Å². The third-order valence-electron chi connectivity index (χ3n) is 4.14. The van der Waals surface area contributed by atoms with Crippen LogP contribution < -0.4 is 16.8 Å². The van der Waals surface area contributed by atoms with E-state index in [0.717, 1.165) is 40.7 Å². The number of rotatable bonds is 3. The van der Waals surface area contributed by atoms with E-state index in [2.05, 4.69) is 22.2 Å². The standard InChI is InChI=1S/C13H12N4O.C6H14N2/c1-17-10-5-3-2-4-7(10)8-6-9(12(15)18)11(14)16-13(8)17;1-4-5-8-6(2)7-3/h2-6H,1H3,(H2,14,16)(H2,15,18);4-5H2,1-3H3,(H,7,8). The monoisotopic (exact) mass is 354 g/mol. The van der Waals surface area contributed by atoms with Crippen LogP contribution >= 0.6 is 0 Å². The Labute approximate surface area is 153 Å². The van der Waals surface area contributed by atoms with Crippen LogP contribution in [0.5, 0.6) is 0 Å². The van der Waals surface area contributed by atoms with E-state index in [1.54, 1.807) is 13.1 Å². The molecule has 3 rings (SSSR count). The largest absolute Gasteiger partial charge is 0.383 e. The summed E-state index contributed by atoms with van der Waals surface area (Å²) in [6.07, 6.45) is 1.16. The Morgan fingerprint density at radius 2 is 2.00 bits per heavy atom. The first-order valence-electron chi connectivity index (χ1n) is 8.51. The average molecular weight is 354 g/mol. The van der Waals surface area contributed by atoms with Gasteiger partial charge in [0.25, 0.3) is 5.91 Å². The van der Waals surface area contributed by atoms with Crippen LogP contribution in [0, 0.1) is 0 Å². The minimum atomic E-state index is -0.560. The van der Waals surface area contributed by atoms with Crippen molar-refractivity contribution in [3.8, 4) is 0 Å². The van der Waals surface area contributed by atoms with Crippen molar-refractivity contribution in [1.29, 1.82) is 0 Å². The number of hydrogen-bond acceptors (Lipinski definition) is 4. The van der Waals surface area contributed by atoms with Crippen LogP contribution in [0.15, 0.2) is 35.3 Å². The summed E-state index contributed by atoms with van der Waals surface area (Å²) in [6, 6.07) is 9.60. The normalized spacial score (nSPS) is 11.3. The molecule has 2 aromatic heterocycles. The number of aromatic nitrogens is 2. The lowest BCUT2D eigenvalue weighted by Gasteiger charge is -2.02. The number of amides is 1. The number of para-hydroxylation sites is 1. The molecule has 0 bridgehead atoms. The van der Waals surface area contributed by atoms with Crippen LogP contribution in [0.2, 0.25) is 0 Å². The maximum Gasteiger partial charge on any atom is 0.252 e. The molecule has 1 aromatic carbocycles. The highest BCUT2D eigenvalue weighted by molar-refractivity contribution is 6.10. The van der Waals surface area contributed by atoms with Crippen molar-refractivity contribution in [3.05, 3.63) is 35.9 Å². The van der Waals surface area contributed by atoms with Crippen LogP contribution in [-0.4, -0.2) is 34.9 Å². The van der Waals surface area contributed by atoms with E-state index < -0.39 is 5.91 Å². The number of carbonyl (C=O) groups is 1. The Morgan fingerprint density at radius 1 is 1.31 bits per heavy atom. The quantitative estimate of drug-likeness (QED) is 0.495. The molecule has 2 heterocycles. The van der Waals surface area contributed by atoms with Gasteiger partial charge < -0.3 is 21.4 Å². The van der Waals surface area contributed by atoms with Gasteiger partial charge in [0.2, 0.25) is 0 Å². The number of primary amides is 1. The van der Waals surface area contributed by atoms with Crippen LogP contribution in [0.3, 0.4) is 0 Å². The molecule has 0 atom stereocenters. The molecule has 3 aromatic rings. The number of nitrogens with one attached hydrogen (secondary N) is 1. The van der Waals surface area contributed by atoms with E-state index in [0.29, 0.717) is 0 Å². The van der Waals surface area contributed by atoms with Gasteiger partial charge in [-0.15, -0.1) is 0 Å². The van der Waals surface area contributed by atoms with Gasteiger partial charge in [-0.25, -0.2) is 4.98 Å². The number of nitrogens with two attached hydrogens (primary N) is 2. The maximum atomic E-state index is 11.3. The third-order valence-corrected chi connectivity index (χ3v) is 4.14. The Kier molecular flexibility index (Phi) is 6.16. The number of anilines is 1. The van der Waals surface area contributed by atoms with Crippen molar-refractivity contribution < 1.29 is 4.79 Å². The molecule has 7 heteroatoms. The molecule has 138 valence electrons. The van der Waals surface area contributed by atoms with Gasteiger partial charge in [0, 0.05) is 31.4 Å². The first-order chi connectivity index (χ1) is 12.4. The van der Waals surface area contributed by atoms with Gasteiger partial charge in [-0.3, -0.25) is 9.79 Å². The Morgan fingerprint density at radius 3 is 2.62 bits per heavy atom. The molecule has 0 radical (unpaired) electrons. The number of carbonyl (C=O) groups excluding carboxylic acids is 1. The lowest BCUT2D eigenvalue weighted by atomic mass is 10.1. The number of aliphatic imine (C=N–C) groups is 1. The number of nitrogens with zero attached hydrogens (tertiary/aromatic N) is 3. The van der Waals surface area contributed by atoms with Crippen LogP contribution in [0.25, 0.3) is 21.9 Å². The number of nitrogen functional groups attached to an aromatic ring is 1. The summed E-state index contributed by atoms with van der Waals surface area (Å²) < 4.78 is 1.95. The molecule has 1 amide bonds. The average Bonchev–Trinajstić information content (AvgIpc) is 2.91. The van der Waals surface area contributed by atoms with Crippen molar-refractivity contribution in [2.24, 2.45) is 17.8 Å². The second-order valence-corrected chi connectivity index (χ2v) is 5.97. The smallest absolute Gasteiger partial charge is 0.252 e.